The highest BCUT2D eigenvalue weighted by molar-refractivity contribution is 7.09. The lowest BCUT2D eigenvalue weighted by molar-refractivity contribution is -0.0568. The number of ether oxygens (including phenoxy) is 2. The molecule has 0 aromatic heterocycles. The van der Waals surface area contributed by atoms with Crippen molar-refractivity contribution in [1.29, 1.82) is 0 Å². The van der Waals surface area contributed by atoms with E-state index < -0.39 is 23.8 Å². The zero-order valence-electron chi connectivity index (χ0n) is 8.63. The van der Waals surface area contributed by atoms with Gasteiger partial charge in [-0.05, 0) is 0 Å². The minimum Gasteiger partial charge on any atom is -0.396 e. The van der Waals surface area contributed by atoms with Crippen molar-refractivity contribution in [1.82, 2.24) is 0 Å². The molecule has 0 saturated carbocycles. The Bertz CT molecular complexity index is 207. The second kappa shape index (κ2) is 5.57. The minimum atomic E-state index is -1.38. The summed E-state index contributed by atoms with van der Waals surface area (Å²) in [5.41, 5.74) is -1.38. The molecule has 0 spiro atoms. The van der Waals surface area contributed by atoms with Gasteiger partial charge in [-0.3, -0.25) is 0 Å². The number of hydrogen-bond acceptors (Lipinski definition) is 5. The van der Waals surface area contributed by atoms with Gasteiger partial charge in [0.15, 0.2) is 0 Å². The lowest BCUT2D eigenvalue weighted by Crippen LogP contribution is -2.49. The molecule has 0 bridgehead atoms. The fourth-order valence-corrected chi connectivity index (χ4v) is 2.23. The highest BCUT2D eigenvalue weighted by Crippen LogP contribution is 2.35. The molecule has 2 N–H and O–H groups in total. The van der Waals surface area contributed by atoms with Crippen molar-refractivity contribution in [2.45, 2.75) is 30.2 Å². The van der Waals surface area contributed by atoms with E-state index in [4.69, 9.17) is 27.0 Å². The van der Waals surface area contributed by atoms with Gasteiger partial charge in [0.2, 0.25) is 0 Å². The van der Waals surface area contributed by atoms with Crippen LogP contribution in [0.25, 0.3) is 0 Å². The molecule has 0 aromatic rings. The molecule has 1 aliphatic rings. The van der Waals surface area contributed by atoms with Crippen molar-refractivity contribution in [3.63, 3.8) is 0 Å². The van der Waals surface area contributed by atoms with E-state index in [1.54, 1.807) is 0 Å². The van der Waals surface area contributed by atoms with Crippen molar-refractivity contribution in [3.8, 4) is 0 Å². The summed E-state index contributed by atoms with van der Waals surface area (Å²) in [7, 11) is 9.26. The maximum Gasteiger partial charge on any atom is 0.120 e. The van der Waals surface area contributed by atoms with Crippen molar-refractivity contribution in [3.05, 3.63) is 0 Å². The molecular formula is C8H16BO5P. The maximum atomic E-state index is 10.2. The Kier molecular flexibility index (Phi) is 4.96. The third-order valence-corrected chi connectivity index (χ3v) is 2.93. The fraction of sp³-hybridized carbons (Fsp3) is 1.00. The molecule has 7 heteroatoms. The van der Waals surface area contributed by atoms with Crippen LogP contribution in [0.2, 0.25) is 0 Å². The molecule has 2 radical (unpaired) electrons. The van der Waals surface area contributed by atoms with Gasteiger partial charge in [-0.1, -0.05) is 0 Å². The molecule has 1 fully saturated rings. The van der Waals surface area contributed by atoms with Crippen LogP contribution < -0.4 is 0 Å². The van der Waals surface area contributed by atoms with Gasteiger partial charge in [-0.25, -0.2) is 0 Å². The molecule has 5 atom stereocenters. The first-order valence-electron chi connectivity index (χ1n) is 4.69. The lowest BCUT2D eigenvalue weighted by atomic mass is 9.78. The highest BCUT2D eigenvalue weighted by atomic mass is 31.0. The van der Waals surface area contributed by atoms with Crippen LogP contribution in [0, 0.1) is 0 Å². The van der Waals surface area contributed by atoms with Crippen LogP contribution in [0.15, 0.2) is 0 Å². The molecule has 1 aliphatic heterocycles. The summed E-state index contributed by atoms with van der Waals surface area (Å²) in [5.74, 6) is 0. The topological polar surface area (TPSA) is 68.2 Å². The van der Waals surface area contributed by atoms with Crippen molar-refractivity contribution < 1.29 is 24.2 Å². The summed E-state index contributed by atoms with van der Waals surface area (Å²) in [5, 5.41) is 19.1. The van der Waals surface area contributed by atoms with Crippen molar-refractivity contribution in [2.75, 3.05) is 20.3 Å². The van der Waals surface area contributed by atoms with E-state index in [0.717, 1.165) is 0 Å². The first kappa shape index (κ1) is 13.4. The number of aliphatic hydroxyl groups excluding tert-OH is 1. The Balaban J connectivity index is 2.77. The van der Waals surface area contributed by atoms with E-state index in [1.165, 1.54) is 7.11 Å². The second-order valence-corrected chi connectivity index (χ2v) is 3.84. The third-order valence-electron chi connectivity index (χ3n) is 2.63. The number of methoxy groups -OCH3 is 1. The van der Waals surface area contributed by atoms with Crippen LogP contribution in [0.1, 0.15) is 6.42 Å². The maximum absolute atomic E-state index is 10.2. The Morgan fingerprint density at radius 2 is 2.27 bits per heavy atom. The normalized spacial score (nSPS) is 40.9. The smallest absolute Gasteiger partial charge is 0.120 e. The van der Waals surface area contributed by atoms with Crippen molar-refractivity contribution in [2.24, 2.45) is 0 Å². The largest absolute Gasteiger partial charge is 0.396 e. The average Bonchev–Trinajstić information content (AvgIpc) is 2.40. The van der Waals surface area contributed by atoms with Gasteiger partial charge in [0.25, 0.3) is 0 Å². The molecule has 86 valence electrons. The van der Waals surface area contributed by atoms with Gasteiger partial charge in [0.05, 0.1) is 6.61 Å². The zero-order valence-corrected chi connectivity index (χ0v) is 9.78. The Morgan fingerprint density at radius 1 is 1.60 bits per heavy atom. The molecule has 1 heterocycles. The van der Waals surface area contributed by atoms with Crippen molar-refractivity contribution >= 4 is 17.3 Å². The van der Waals surface area contributed by atoms with Crippen LogP contribution in [0.4, 0.5) is 0 Å². The SMILES string of the molecule is [B]C1OC(COC)[C@@H](OP)[C@]1(O)CCO. The van der Waals surface area contributed by atoms with Crippen LogP contribution in [0.5, 0.6) is 0 Å². The van der Waals surface area contributed by atoms with Gasteiger partial charge in [-0.15, -0.1) is 0 Å². The fourth-order valence-electron chi connectivity index (χ4n) is 1.82. The zero-order chi connectivity index (χ0) is 11.5. The van der Waals surface area contributed by atoms with E-state index in [2.05, 4.69) is 9.47 Å². The first-order chi connectivity index (χ1) is 7.10. The lowest BCUT2D eigenvalue weighted by Gasteiger charge is -2.31. The molecule has 1 rings (SSSR count). The number of hydrogen-bond donors (Lipinski definition) is 2. The highest BCUT2D eigenvalue weighted by Gasteiger charge is 2.53. The van der Waals surface area contributed by atoms with E-state index >= 15 is 0 Å². The molecule has 0 aliphatic carbocycles. The number of rotatable bonds is 5. The second-order valence-electron chi connectivity index (χ2n) is 3.57. The van der Waals surface area contributed by atoms with Gasteiger partial charge >= 0.3 is 0 Å². The predicted molar refractivity (Wildman–Crippen MR) is 57.5 cm³/mol. The van der Waals surface area contributed by atoms with E-state index in [9.17, 15) is 5.11 Å². The quantitative estimate of drug-likeness (QED) is 0.462. The summed E-state index contributed by atoms with van der Waals surface area (Å²) in [6, 6.07) is -0.879. The molecule has 3 unspecified atom stereocenters. The molecule has 15 heavy (non-hydrogen) atoms. The van der Waals surface area contributed by atoms with Crippen LogP contribution >= 0.6 is 9.47 Å². The predicted octanol–water partition coefficient (Wildman–Crippen LogP) is -1.19. The standard InChI is InChI=1S/C8H16BO5P/c1-12-4-5-6(14-15)8(11,2-3-10)7(9)13-5/h5-7,10-11H,2-4,15H2,1H3/t5?,6-,7?,8-/m1/s1. The van der Waals surface area contributed by atoms with Gasteiger partial charge in [-0.2, -0.15) is 0 Å². The third kappa shape index (κ3) is 2.52. The van der Waals surface area contributed by atoms with E-state index in [1.807, 2.05) is 0 Å². The van der Waals surface area contributed by atoms with Crippen LogP contribution in [0.3, 0.4) is 0 Å². The molecule has 0 aromatic carbocycles. The first-order valence-corrected chi connectivity index (χ1v) is 5.16. The summed E-state index contributed by atoms with van der Waals surface area (Å²) in [6.45, 7) is 0.0955. The molecule has 0 amide bonds. The number of aliphatic hydroxyl groups is 2. The van der Waals surface area contributed by atoms with E-state index in [0.29, 0.717) is 0 Å². The van der Waals surface area contributed by atoms with Gasteiger partial charge in [0.1, 0.15) is 25.7 Å². The Labute approximate surface area is 92.8 Å². The molecular weight excluding hydrogens is 218 g/mol. The summed E-state index contributed by atoms with van der Waals surface area (Å²) in [6.07, 6.45) is -0.948. The molecule has 1 saturated heterocycles. The Hall–Kier alpha value is 0.295. The summed E-state index contributed by atoms with van der Waals surface area (Å²) < 4.78 is 15.3. The monoisotopic (exact) mass is 234 g/mol. The summed E-state index contributed by atoms with van der Waals surface area (Å²) in [4.78, 5) is 0. The van der Waals surface area contributed by atoms with Gasteiger partial charge in [0, 0.05) is 35.6 Å². The van der Waals surface area contributed by atoms with Gasteiger partial charge < -0.3 is 24.2 Å². The van der Waals surface area contributed by atoms with E-state index in [-0.39, 0.29) is 19.6 Å². The summed E-state index contributed by atoms with van der Waals surface area (Å²) >= 11 is 0. The van der Waals surface area contributed by atoms with Crippen LogP contribution in [-0.2, 0) is 14.0 Å². The average molecular weight is 234 g/mol. The van der Waals surface area contributed by atoms with Crippen LogP contribution in [-0.4, -0.2) is 62.2 Å². The minimum absolute atomic E-state index is 0.105. The Morgan fingerprint density at radius 3 is 2.73 bits per heavy atom. The molecule has 5 nitrogen and oxygen atoms in total.